The number of hydrogen-bond donors (Lipinski definition) is 1. The standard InChI is InChI=1S/C12H14N2/c1-3-8-12(13-4-2)14-11-9-6-5-7-10-11/h3-10H,2H2,1H3,(H,13,14)/b8-3-. The van der Waals surface area contributed by atoms with E-state index >= 15 is 0 Å². The molecule has 0 aliphatic heterocycles. The summed E-state index contributed by atoms with van der Waals surface area (Å²) in [7, 11) is 0. The first-order valence-electron chi connectivity index (χ1n) is 4.50. The molecule has 14 heavy (non-hydrogen) atoms. The van der Waals surface area contributed by atoms with Crippen molar-refractivity contribution in [2.24, 2.45) is 4.99 Å². The lowest BCUT2D eigenvalue weighted by molar-refractivity contribution is 1.53. The van der Waals surface area contributed by atoms with Crippen molar-refractivity contribution in [3.63, 3.8) is 0 Å². The molecule has 1 rings (SSSR count). The monoisotopic (exact) mass is 186 g/mol. The van der Waals surface area contributed by atoms with E-state index in [1.54, 1.807) is 0 Å². The van der Waals surface area contributed by atoms with E-state index in [0.717, 1.165) is 11.5 Å². The summed E-state index contributed by atoms with van der Waals surface area (Å²) in [4.78, 5) is 4.09. The van der Waals surface area contributed by atoms with Crippen molar-refractivity contribution < 1.29 is 0 Å². The first-order chi connectivity index (χ1) is 6.86. The second-order valence-electron chi connectivity index (χ2n) is 2.69. The SMILES string of the molecule is C=C/N=C(\C=C/C)Nc1ccccc1. The smallest absolute Gasteiger partial charge is 0.129 e. The van der Waals surface area contributed by atoms with E-state index in [-0.39, 0.29) is 0 Å². The van der Waals surface area contributed by atoms with Crippen LogP contribution in [0.1, 0.15) is 6.92 Å². The summed E-state index contributed by atoms with van der Waals surface area (Å²) in [6.07, 6.45) is 5.35. The van der Waals surface area contributed by atoms with Crippen LogP contribution in [0, 0.1) is 0 Å². The minimum atomic E-state index is 0.786. The van der Waals surface area contributed by atoms with E-state index in [1.165, 1.54) is 6.20 Å². The van der Waals surface area contributed by atoms with Crippen molar-refractivity contribution in [2.45, 2.75) is 6.92 Å². The Balaban J connectivity index is 2.75. The van der Waals surface area contributed by atoms with E-state index in [9.17, 15) is 0 Å². The lowest BCUT2D eigenvalue weighted by atomic mass is 10.3. The Labute approximate surface area is 84.7 Å². The minimum Gasteiger partial charge on any atom is -0.340 e. The van der Waals surface area contributed by atoms with Gasteiger partial charge in [0.2, 0.25) is 0 Å². The van der Waals surface area contributed by atoms with Crippen LogP contribution in [-0.4, -0.2) is 5.84 Å². The van der Waals surface area contributed by atoms with Crippen LogP contribution in [-0.2, 0) is 0 Å². The van der Waals surface area contributed by atoms with Crippen LogP contribution in [0.3, 0.4) is 0 Å². The van der Waals surface area contributed by atoms with Gasteiger partial charge in [0.15, 0.2) is 0 Å². The fourth-order valence-electron chi connectivity index (χ4n) is 1.04. The average molecular weight is 186 g/mol. The first-order valence-corrected chi connectivity index (χ1v) is 4.50. The van der Waals surface area contributed by atoms with Gasteiger partial charge in [-0.15, -0.1) is 0 Å². The number of benzene rings is 1. The van der Waals surface area contributed by atoms with E-state index in [0.29, 0.717) is 0 Å². The van der Waals surface area contributed by atoms with Gasteiger partial charge >= 0.3 is 0 Å². The lowest BCUT2D eigenvalue weighted by Crippen LogP contribution is -2.07. The second-order valence-corrected chi connectivity index (χ2v) is 2.69. The number of hydrogen-bond acceptors (Lipinski definition) is 1. The number of para-hydroxylation sites is 1. The molecule has 2 nitrogen and oxygen atoms in total. The molecule has 1 aromatic rings. The van der Waals surface area contributed by atoms with Crippen molar-refractivity contribution in [1.82, 2.24) is 0 Å². The maximum Gasteiger partial charge on any atom is 0.129 e. The molecule has 0 fully saturated rings. The van der Waals surface area contributed by atoms with Crippen LogP contribution in [0.5, 0.6) is 0 Å². The van der Waals surface area contributed by atoms with Gasteiger partial charge in [-0.3, -0.25) is 0 Å². The summed E-state index contributed by atoms with van der Waals surface area (Å²) >= 11 is 0. The quantitative estimate of drug-likeness (QED) is 0.569. The Morgan fingerprint density at radius 1 is 1.36 bits per heavy atom. The van der Waals surface area contributed by atoms with Gasteiger partial charge in [-0.25, -0.2) is 4.99 Å². The number of amidine groups is 1. The van der Waals surface area contributed by atoms with E-state index in [2.05, 4.69) is 16.9 Å². The summed E-state index contributed by atoms with van der Waals surface area (Å²) in [5.41, 5.74) is 1.02. The third-order valence-corrected chi connectivity index (χ3v) is 1.60. The molecule has 72 valence electrons. The number of allylic oxidation sites excluding steroid dienone is 1. The minimum absolute atomic E-state index is 0.786. The highest BCUT2D eigenvalue weighted by Crippen LogP contribution is 2.05. The van der Waals surface area contributed by atoms with E-state index in [1.807, 2.05) is 49.4 Å². The van der Waals surface area contributed by atoms with Crippen molar-refractivity contribution >= 4 is 11.5 Å². The molecule has 0 aliphatic carbocycles. The lowest BCUT2D eigenvalue weighted by Gasteiger charge is -2.04. The van der Waals surface area contributed by atoms with Gasteiger partial charge in [-0.1, -0.05) is 30.9 Å². The number of nitrogens with zero attached hydrogens (tertiary/aromatic N) is 1. The summed E-state index contributed by atoms with van der Waals surface area (Å²) < 4.78 is 0. The van der Waals surface area contributed by atoms with Gasteiger partial charge in [0.05, 0.1) is 0 Å². The average Bonchev–Trinajstić information content (AvgIpc) is 2.20. The highest BCUT2D eigenvalue weighted by atomic mass is 15.0. The van der Waals surface area contributed by atoms with Crippen LogP contribution in [0.15, 0.2) is 60.3 Å². The van der Waals surface area contributed by atoms with Crippen molar-refractivity contribution in [2.75, 3.05) is 5.32 Å². The normalized spacial score (nSPS) is 11.6. The molecule has 0 saturated heterocycles. The number of rotatable bonds is 3. The number of nitrogens with one attached hydrogen (secondary N) is 1. The zero-order valence-electron chi connectivity index (χ0n) is 8.27. The fraction of sp³-hybridized carbons (Fsp3) is 0.0833. The van der Waals surface area contributed by atoms with Crippen LogP contribution in [0.4, 0.5) is 5.69 Å². The molecule has 0 heterocycles. The van der Waals surface area contributed by atoms with Crippen LogP contribution in [0.25, 0.3) is 0 Å². The number of anilines is 1. The molecule has 0 unspecified atom stereocenters. The zero-order chi connectivity index (χ0) is 10.2. The van der Waals surface area contributed by atoms with Crippen LogP contribution in [0.2, 0.25) is 0 Å². The van der Waals surface area contributed by atoms with E-state index in [4.69, 9.17) is 0 Å². The third-order valence-electron chi connectivity index (χ3n) is 1.60. The molecule has 1 aromatic carbocycles. The largest absolute Gasteiger partial charge is 0.340 e. The van der Waals surface area contributed by atoms with E-state index < -0.39 is 0 Å². The molecular formula is C12H14N2. The molecule has 0 saturated carbocycles. The second kappa shape index (κ2) is 5.75. The van der Waals surface area contributed by atoms with Gasteiger partial charge in [-0.2, -0.15) is 0 Å². The van der Waals surface area contributed by atoms with Crippen molar-refractivity contribution in [3.8, 4) is 0 Å². The Kier molecular flexibility index (Phi) is 4.21. The maximum absolute atomic E-state index is 4.09. The fourth-order valence-corrected chi connectivity index (χ4v) is 1.04. The molecule has 0 bridgehead atoms. The Bertz CT molecular complexity index is 337. The third kappa shape index (κ3) is 3.27. The van der Waals surface area contributed by atoms with Gasteiger partial charge in [0.25, 0.3) is 0 Å². The maximum atomic E-state index is 4.09. The van der Waals surface area contributed by atoms with Crippen LogP contribution < -0.4 is 5.32 Å². The molecule has 1 N–H and O–H groups in total. The molecule has 0 aliphatic rings. The zero-order valence-corrected chi connectivity index (χ0v) is 8.27. The number of aliphatic imine (C=N–C) groups is 1. The summed E-state index contributed by atoms with van der Waals surface area (Å²) in [6, 6.07) is 9.91. The highest BCUT2D eigenvalue weighted by Gasteiger charge is 1.92. The molecule has 0 atom stereocenters. The molecule has 0 aromatic heterocycles. The molecule has 0 amide bonds. The predicted octanol–water partition coefficient (Wildman–Crippen LogP) is 3.22. The first kappa shape index (κ1) is 10.3. The summed E-state index contributed by atoms with van der Waals surface area (Å²) in [5, 5.41) is 3.17. The summed E-state index contributed by atoms with van der Waals surface area (Å²) in [6.45, 7) is 5.51. The molecule has 0 radical (unpaired) electrons. The molecule has 2 heteroatoms. The van der Waals surface area contributed by atoms with Gasteiger partial charge < -0.3 is 5.32 Å². The Morgan fingerprint density at radius 3 is 2.64 bits per heavy atom. The van der Waals surface area contributed by atoms with Gasteiger partial charge in [0.1, 0.15) is 5.84 Å². The van der Waals surface area contributed by atoms with Gasteiger partial charge in [0, 0.05) is 11.9 Å². The topological polar surface area (TPSA) is 24.4 Å². The Morgan fingerprint density at radius 2 is 2.07 bits per heavy atom. The van der Waals surface area contributed by atoms with Crippen LogP contribution >= 0.6 is 0 Å². The highest BCUT2D eigenvalue weighted by molar-refractivity contribution is 6.03. The molecule has 0 spiro atoms. The predicted molar refractivity (Wildman–Crippen MR) is 62.5 cm³/mol. The Hall–Kier alpha value is -1.83. The van der Waals surface area contributed by atoms with Crippen molar-refractivity contribution in [3.05, 3.63) is 55.3 Å². The summed E-state index contributed by atoms with van der Waals surface area (Å²) in [5.74, 6) is 0.786. The van der Waals surface area contributed by atoms with Crippen molar-refractivity contribution in [1.29, 1.82) is 0 Å². The molecular weight excluding hydrogens is 172 g/mol. The van der Waals surface area contributed by atoms with Gasteiger partial charge in [-0.05, 0) is 25.1 Å².